The van der Waals surface area contributed by atoms with E-state index in [1.807, 2.05) is 6.08 Å². The van der Waals surface area contributed by atoms with Crippen molar-refractivity contribution in [1.82, 2.24) is 0 Å². The Bertz CT molecular complexity index is 918. The predicted molar refractivity (Wildman–Crippen MR) is 98.4 cm³/mol. The van der Waals surface area contributed by atoms with Crippen molar-refractivity contribution in [2.75, 3.05) is 13.2 Å². The fourth-order valence-electron chi connectivity index (χ4n) is 3.76. The van der Waals surface area contributed by atoms with Gasteiger partial charge in [0.05, 0.1) is 19.3 Å². The lowest BCUT2D eigenvalue weighted by molar-refractivity contribution is -0.00721. The van der Waals surface area contributed by atoms with Crippen LogP contribution in [0.4, 0.5) is 13.2 Å². The monoisotopic (exact) mass is 390 g/mol. The average Bonchev–Trinajstić information content (AvgIpc) is 2.72. The standard InChI is InChI=1S/C22H21F3O3/c1-3-12-5-8-16(27-11-12)15-7-6-13-9-14-10-17(26-4-2)19(24)20(25)22(14)28-21(13)18(15)23/h3,6-7,10,12,16H,1,4-5,8-9,11H2,2H3. The molecule has 0 bridgehead atoms. The van der Waals surface area contributed by atoms with E-state index in [1.165, 1.54) is 6.07 Å². The second-order valence-electron chi connectivity index (χ2n) is 7.05. The highest BCUT2D eigenvalue weighted by atomic mass is 19.2. The molecule has 4 rings (SSSR count). The molecule has 0 amide bonds. The molecule has 2 aromatic rings. The van der Waals surface area contributed by atoms with Gasteiger partial charge in [-0.1, -0.05) is 18.2 Å². The summed E-state index contributed by atoms with van der Waals surface area (Å²) in [5.74, 6) is -3.15. The first-order valence-electron chi connectivity index (χ1n) is 9.40. The van der Waals surface area contributed by atoms with Gasteiger partial charge in [0.15, 0.2) is 23.1 Å². The molecule has 2 aromatic carbocycles. The van der Waals surface area contributed by atoms with Gasteiger partial charge in [0.25, 0.3) is 0 Å². The lowest BCUT2D eigenvalue weighted by Crippen LogP contribution is -2.20. The molecule has 148 valence electrons. The third-order valence-corrected chi connectivity index (χ3v) is 5.29. The molecule has 0 aromatic heterocycles. The van der Waals surface area contributed by atoms with Crippen LogP contribution in [0, 0.1) is 23.4 Å². The van der Waals surface area contributed by atoms with Gasteiger partial charge in [-0.15, -0.1) is 6.58 Å². The molecule has 2 unspecified atom stereocenters. The number of hydrogen-bond donors (Lipinski definition) is 0. The quantitative estimate of drug-likeness (QED) is 0.523. The maximum absolute atomic E-state index is 15.2. The average molecular weight is 390 g/mol. The summed E-state index contributed by atoms with van der Waals surface area (Å²) in [6.07, 6.45) is 3.18. The van der Waals surface area contributed by atoms with E-state index in [0.29, 0.717) is 29.7 Å². The Morgan fingerprint density at radius 2 is 1.89 bits per heavy atom. The van der Waals surface area contributed by atoms with Crippen molar-refractivity contribution in [2.24, 2.45) is 5.92 Å². The van der Waals surface area contributed by atoms with Crippen LogP contribution in [0.3, 0.4) is 0 Å². The molecule has 0 N–H and O–H groups in total. The smallest absolute Gasteiger partial charge is 0.205 e. The van der Waals surface area contributed by atoms with E-state index in [-0.39, 0.29) is 36.2 Å². The first kappa shape index (κ1) is 18.9. The Labute approximate surface area is 161 Å². The van der Waals surface area contributed by atoms with E-state index in [0.717, 1.165) is 6.42 Å². The second-order valence-corrected chi connectivity index (χ2v) is 7.05. The molecule has 1 fully saturated rings. The van der Waals surface area contributed by atoms with Gasteiger partial charge < -0.3 is 14.2 Å². The van der Waals surface area contributed by atoms with Crippen LogP contribution in [0.1, 0.15) is 42.6 Å². The fourth-order valence-corrected chi connectivity index (χ4v) is 3.76. The van der Waals surface area contributed by atoms with Gasteiger partial charge in [-0.25, -0.2) is 4.39 Å². The zero-order valence-corrected chi connectivity index (χ0v) is 15.6. The fraction of sp³-hybridized carbons (Fsp3) is 0.364. The molecular formula is C22H21F3O3. The van der Waals surface area contributed by atoms with E-state index in [2.05, 4.69) is 6.58 Å². The van der Waals surface area contributed by atoms with E-state index < -0.39 is 23.6 Å². The third-order valence-electron chi connectivity index (χ3n) is 5.29. The van der Waals surface area contributed by atoms with Crippen molar-refractivity contribution in [3.8, 4) is 17.2 Å². The first-order chi connectivity index (χ1) is 13.5. The number of benzene rings is 2. The largest absolute Gasteiger partial charge is 0.491 e. The molecule has 2 heterocycles. The van der Waals surface area contributed by atoms with Crippen molar-refractivity contribution >= 4 is 0 Å². The van der Waals surface area contributed by atoms with Crippen LogP contribution in [0.2, 0.25) is 0 Å². The van der Waals surface area contributed by atoms with Crippen LogP contribution < -0.4 is 9.47 Å². The molecule has 0 saturated carbocycles. The second kappa shape index (κ2) is 7.51. The van der Waals surface area contributed by atoms with Gasteiger partial charge in [0, 0.05) is 29.0 Å². The van der Waals surface area contributed by atoms with E-state index in [9.17, 15) is 8.78 Å². The summed E-state index contributed by atoms with van der Waals surface area (Å²) in [6, 6.07) is 4.84. The number of fused-ring (bicyclic) bond motifs is 2. The minimum absolute atomic E-state index is 0.0677. The van der Waals surface area contributed by atoms with Crippen LogP contribution in [0.25, 0.3) is 0 Å². The Kier molecular flexibility index (Phi) is 5.06. The SMILES string of the molecule is C=CC1CCC(c2ccc3c(c2F)Oc2c(cc(OCC)c(F)c2F)C3)OC1. The Morgan fingerprint density at radius 1 is 1.11 bits per heavy atom. The van der Waals surface area contributed by atoms with Gasteiger partial charge >= 0.3 is 0 Å². The lowest BCUT2D eigenvalue weighted by atomic mass is 9.92. The summed E-state index contributed by atoms with van der Waals surface area (Å²) < 4.78 is 60.3. The highest BCUT2D eigenvalue weighted by Gasteiger charge is 2.31. The van der Waals surface area contributed by atoms with E-state index in [4.69, 9.17) is 14.2 Å². The molecule has 2 aliphatic heterocycles. The maximum Gasteiger partial charge on any atom is 0.205 e. The van der Waals surface area contributed by atoms with Crippen molar-refractivity contribution in [3.05, 3.63) is 65.0 Å². The highest BCUT2D eigenvalue weighted by Crippen LogP contribution is 2.45. The Morgan fingerprint density at radius 3 is 2.57 bits per heavy atom. The Hall–Kier alpha value is -2.47. The summed E-state index contributed by atoms with van der Waals surface area (Å²) in [5.41, 5.74) is 1.36. The molecule has 2 atom stereocenters. The highest BCUT2D eigenvalue weighted by molar-refractivity contribution is 5.55. The summed E-state index contributed by atoms with van der Waals surface area (Å²) in [4.78, 5) is 0. The van der Waals surface area contributed by atoms with Crippen LogP contribution >= 0.6 is 0 Å². The van der Waals surface area contributed by atoms with Crippen molar-refractivity contribution in [2.45, 2.75) is 32.3 Å². The lowest BCUT2D eigenvalue weighted by Gasteiger charge is -2.29. The molecule has 0 spiro atoms. The molecular weight excluding hydrogens is 369 g/mol. The number of hydrogen-bond acceptors (Lipinski definition) is 3. The van der Waals surface area contributed by atoms with Crippen LogP contribution in [0.5, 0.6) is 17.2 Å². The molecule has 3 nitrogen and oxygen atoms in total. The topological polar surface area (TPSA) is 27.7 Å². The number of halogens is 3. The summed E-state index contributed by atoms with van der Waals surface area (Å²) >= 11 is 0. The van der Waals surface area contributed by atoms with Crippen molar-refractivity contribution < 1.29 is 27.4 Å². The maximum atomic E-state index is 15.2. The summed E-state index contributed by atoms with van der Waals surface area (Å²) in [7, 11) is 0. The normalized spacial score (nSPS) is 20.7. The summed E-state index contributed by atoms with van der Waals surface area (Å²) in [5, 5.41) is 0. The third kappa shape index (κ3) is 3.15. The number of ether oxygens (including phenoxy) is 3. The van der Waals surface area contributed by atoms with Gasteiger partial charge in [-0.05, 0) is 25.8 Å². The van der Waals surface area contributed by atoms with Gasteiger partial charge in [0.1, 0.15) is 0 Å². The number of rotatable bonds is 4. The van der Waals surface area contributed by atoms with Gasteiger partial charge in [-0.3, -0.25) is 0 Å². The zero-order valence-electron chi connectivity index (χ0n) is 15.6. The molecule has 1 saturated heterocycles. The van der Waals surface area contributed by atoms with E-state index in [1.54, 1.807) is 19.1 Å². The van der Waals surface area contributed by atoms with Crippen molar-refractivity contribution in [3.63, 3.8) is 0 Å². The van der Waals surface area contributed by atoms with Crippen LogP contribution in [-0.4, -0.2) is 13.2 Å². The minimum atomic E-state index is -1.17. The van der Waals surface area contributed by atoms with Gasteiger partial charge in [0.2, 0.25) is 11.6 Å². The predicted octanol–water partition coefficient (Wildman–Crippen LogP) is 5.85. The van der Waals surface area contributed by atoms with Crippen LogP contribution in [0.15, 0.2) is 30.9 Å². The minimum Gasteiger partial charge on any atom is -0.491 e. The molecule has 0 aliphatic carbocycles. The molecule has 2 aliphatic rings. The van der Waals surface area contributed by atoms with Gasteiger partial charge in [-0.2, -0.15) is 8.78 Å². The molecule has 0 radical (unpaired) electrons. The van der Waals surface area contributed by atoms with Crippen molar-refractivity contribution in [1.29, 1.82) is 0 Å². The molecule has 6 heteroatoms. The summed E-state index contributed by atoms with van der Waals surface area (Å²) in [6.45, 7) is 6.13. The van der Waals surface area contributed by atoms with E-state index >= 15 is 4.39 Å². The zero-order chi connectivity index (χ0) is 19.8. The Balaban J connectivity index is 1.67. The van der Waals surface area contributed by atoms with Crippen LogP contribution in [-0.2, 0) is 11.2 Å². The first-order valence-corrected chi connectivity index (χ1v) is 9.40. The molecule has 28 heavy (non-hydrogen) atoms.